The van der Waals surface area contributed by atoms with Gasteiger partial charge in [0, 0.05) is 111 Å². The summed E-state index contributed by atoms with van der Waals surface area (Å²) in [6.07, 6.45) is 7.17. The molecule has 118 heavy (non-hydrogen) atoms. The van der Waals surface area contributed by atoms with Gasteiger partial charge in [0.1, 0.15) is 0 Å². The van der Waals surface area contributed by atoms with Gasteiger partial charge in [-0.3, -0.25) is 26.3 Å². The van der Waals surface area contributed by atoms with E-state index in [0.29, 0.717) is 33.9 Å². The molecule has 4 heterocycles. The summed E-state index contributed by atoms with van der Waals surface area (Å²) >= 11 is 0. The second-order valence-electron chi connectivity index (χ2n) is 28.2. The molecule has 0 amide bonds. The minimum Gasteiger partial charge on any atom is -0.304 e. The van der Waals surface area contributed by atoms with E-state index in [1.807, 2.05) is 128 Å². The molecule has 4 aromatic heterocycles. The van der Waals surface area contributed by atoms with Crippen molar-refractivity contribution in [3.05, 3.63) is 435 Å². The molecule has 0 aliphatic rings. The van der Waals surface area contributed by atoms with Gasteiger partial charge < -0.3 is 19.9 Å². The maximum atomic E-state index is 15.1. The molecule has 14 aromatic carbocycles. The van der Waals surface area contributed by atoms with Gasteiger partial charge in [-0.25, -0.2) is 0 Å². The van der Waals surface area contributed by atoms with Crippen molar-refractivity contribution in [2.24, 2.45) is 0 Å². The number of halogens is 6. The maximum Gasteiger partial charge on any atom is 0.0408 e. The molecule has 0 unspecified atom stereocenters. The third-order valence-electron chi connectivity index (χ3n) is 20.6. The van der Waals surface area contributed by atoms with Crippen molar-refractivity contribution in [3.63, 3.8) is 0 Å². The molecular weight excluding hydrogens is 1830 g/mol. The van der Waals surface area contributed by atoms with E-state index in [1.54, 1.807) is 42.7 Å². The first-order chi connectivity index (χ1) is 56.8. The van der Waals surface area contributed by atoms with E-state index in [4.69, 9.17) is 9.97 Å². The van der Waals surface area contributed by atoms with E-state index in [-0.39, 0.29) is 63.0 Å². The summed E-state index contributed by atoms with van der Waals surface area (Å²) in [6.45, 7) is 4.18. The van der Waals surface area contributed by atoms with E-state index < -0.39 is 23.3 Å². The maximum absolute atomic E-state index is 15.1. The number of nitrogens with zero attached hydrogens (tertiary/aromatic N) is 4. The van der Waals surface area contributed by atoms with Crippen molar-refractivity contribution in [1.29, 1.82) is 0 Å². The van der Waals surface area contributed by atoms with Gasteiger partial charge in [-0.15, -0.1) is 78.4 Å². The van der Waals surface area contributed by atoms with Gasteiger partial charge in [-0.1, -0.05) is 296 Å². The first kappa shape index (κ1) is 79.8. The molecule has 0 bridgehead atoms. The second-order valence-corrected chi connectivity index (χ2v) is 28.2. The van der Waals surface area contributed by atoms with Crippen LogP contribution in [0, 0.1) is 73.0 Å². The smallest absolute Gasteiger partial charge is 0.0408 e. The number of hydrogen-bond acceptors (Lipinski definition) is 4. The van der Waals surface area contributed by atoms with Crippen molar-refractivity contribution in [3.8, 4) is 179 Å². The molecule has 4 nitrogen and oxygen atoms in total. The fourth-order valence-corrected chi connectivity index (χ4v) is 15.0. The van der Waals surface area contributed by atoms with E-state index in [2.05, 4.69) is 200 Å². The van der Waals surface area contributed by atoms with Gasteiger partial charge in [-0.2, -0.15) is 0 Å². The molecule has 0 spiro atoms. The first-order valence-corrected chi connectivity index (χ1v) is 37.7. The number of hydrogen-bond donors (Lipinski definition) is 0. The SMILES string of the molecule is Cc1cc(-c2ccccc2-c2ccc(-c3[c-]cc(F)cc3F)nc2)cc(-c2ccccc2-c2cnc(-c3[c-]cc(F)cc3)cc2-c2ccc(-c3ccccc3)cc2)c1.Cc1cc(-c2ccccc2-c2ccc(-c3[c-]cc(F)cc3F)nc2)cc(-c2ccccc2-c2cnc(-c3[c-]cccc3F)cc2-c2ccc(-c3ccccc3)cc2)c1.[Ir].[Ir]. The predicted octanol–water partition coefficient (Wildman–Crippen LogP) is 28.3. The Morgan fingerprint density at radius 3 is 0.941 bits per heavy atom. The Hall–Kier alpha value is -13.4. The Labute approximate surface area is 708 Å². The summed E-state index contributed by atoms with van der Waals surface area (Å²) in [5, 5.41) is 0. The minimum absolute atomic E-state index is 0. The number of benzene rings is 14. The number of pyridine rings is 4. The summed E-state index contributed by atoms with van der Waals surface area (Å²) in [6, 6.07) is 119. The summed E-state index contributed by atoms with van der Waals surface area (Å²) in [4.78, 5) is 18.8. The van der Waals surface area contributed by atoms with Crippen molar-refractivity contribution < 1.29 is 66.6 Å². The molecule has 2 radical (unpaired) electrons. The second kappa shape index (κ2) is 35.7. The first-order valence-electron chi connectivity index (χ1n) is 37.7. The standard InChI is InChI=1S/2C53H33F3N2.2Ir/c1-34-27-39(43-14-6-5-13-42(43)38-23-26-52(57-32-38)47-25-24-41(54)30-51(47)56)29-40(28-34)44-15-7-8-16-45(44)49-33-58-53(46-17-9-10-18-50(46)55)31-48(49)37-21-19-36(20-22-37)35-11-3-2-4-12-35;1-34-27-40(45-12-6-5-11-44(45)39-21-26-52(57-32-39)48-25-24-43(55)30-51(48)56)29-41(28-34)46-13-7-8-14-47(46)50-33-58-53(38-19-22-42(54)23-20-38)31-49(50)37-17-15-36(16-18-37)35-9-3-2-4-10-35;;/h2-16,18-24,26-33H,1H3;2-19,21-24,26-33H,1H3;;/q2*-2;;. The number of rotatable bonds is 16. The van der Waals surface area contributed by atoms with Gasteiger partial charge in [0.15, 0.2) is 0 Å². The zero-order chi connectivity index (χ0) is 79.2. The summed E-state index contributed by atoms with van der Waals surface area (Å²) in [5.41, 5.74) is 29.4. The summed E-state index contributed by atoms with van der Waals surface area (Å²) in [5.74, 6) is -3.52. The molecule has 18 aromatic rings. The molecule has 0 atom stereocenters. The third-order valence-corrected chi connectivity index (χ3v) is 20.6. The Morgan fingerprint density at radius 1 is 0.212 bits per heavy atom. The van der Waals surface area contributed by atoms with Gasteiger partial charge in [0.25, 0.3) is 0 Å². The molecule has 18 rings (SSSR count). The molecule has 0 saturated heterocycles. The largest absolute Gasteiger partial charge is 0.304 e. The molecule has 0 fully saturated rings. The summed E-state index contributed by atoms with van der Waals surface area (Å²) < 4.78 is 85.2. The minimum atomic E-state index is -0.711. The molecule has 0 saturated carbocycles. The molecule has 0 N–H and O–H groups in total. The average molecular weight is 1890 g/mol. The van der Waals surface area contributed by atoms with E-state index >= 15 is 4.39 Å². The van der Waals surface area contributed by atoms with Crippen LogP contribution in [0.25, 0.3) is 179 Å². The monoisotopic (exact) mass is 1890 g/mol. The summed E-state index contributed by atoms with van der Waals surface area (Å²) in [7, 11) is 0. The van der Waals surface area contributed by atoms with Crippen LogP contribution in [0.15, 0.2) is 365 Å². The van der Waals surface area contributed by atoms with Crippen LogP contribution in [0.5, 0.6) is 0 Å². The van der Waals surface area contributed by atoms with Crippen LogP contribution in [-0.2, 0) is 40.2 Å². The average Bonchev–Trinajstić information content (AvgIpc) is 0.772. The van der Waals surface area contributed by atoms with E-state index in [0.717, 1.165) is 169 Å². The van der Waals surface area contributed by atoms with Crippen LogP contribution in [0.3, 0.4) is 0 Å². The van der Waals surface area contributed by atoms with Crippen LogP contribution in [-0.4, -0.2) is 19.9 Å². The van der Waals surface area contributed by atoms with Crippen LogP contribution in [0.4, 0.5) is 26.3 Å². The van der Waals surface area contributed by atoms with Crippen LogP contribution >= 0.6 is 0 Å². The molecule has 0 aliphatic heterocycles. The topological polar surface area (TPSA) is 51.6 Å². The number of aryl methyl sites for hydroxylation is 2. The fourth-order valence-electron chi connectivity index (χ4n) is 15.0. The van der Waals surface area contributed by atoms with Crippen molar-refractivity contribution in [2.45, 2.75) is 13.8 Å². The third kappa shape index (κ3) is 17.3. The van der Waals surface area contributed by atoms with Gasteiger partial charge in [-0.05, 0) is 182 Å². The normalized spacial score (nSPS) is 10.9. The quantitative estimate of drug-likeness (QED) is 0.0715. The fraction of sp³-hybridized carbons (Fsp3) is 0.0189. The van der Waals surface area contributed by atoms with Gasteiger partial charge in [0.2, 0.25) is 0 Å². The van der Waals surface area contributed by atoms with Crippen LogP contribution in [0.2, 0.25) is 0 Å². The van der Waals surface area contributed by atoms with Crippen LogP contribution in [0.1, 0.15) is 11.1 Å². The van der Waals surface area contributed by atoms with Gasteiger partial charge in [0.05, 0.1) is 0 Å². The molecular formula is C106H66F6Ir2N4-4. The zero-order valence-electron chi connectivity index (χ0n) is 63.4. The van der Waals surface area contributed by atoms with Gasteiger partial charge >= 0.3 is 0 Å². The Bertz CT molecular complexity index is 6650. The van der Waals surface area contributed by atoms with E-state index in [1.165, 1.54) is 18.2 Å². The van der Waals surface area contributed by atoms with Crippen molar-refractivity contribution >= 4 is 0 Å². The van der Waals surface area contributed by atoms with Crippen molar-refractivity contribution in [2.75, 3.05) is 0 Å². The molecule has 574 valence electrons. The van der Waals surface area contributed by atoms with Crippen LogP contribution < -0.4 is 0 Å². The zero-order valence-corrected chi connectivity index (χ0v) is 68.2. The Balaban J connectivity index is 0.000000181. The Kier molecular flexibility index (Phi) is 24.2. The molecule has 12 heteroatoms. The van der Waals surface area contributed by atoms with E-state index in [9.17, 15) is 22.0 Å². The van der Waals surface area contributed by atoms with Crippen molar-refractivity contribution in [1.82, 2.24) is 19.9 Å². The Morgan fingerprint density at radius 2 is 0.551 bits per heavy atom. The predicted molar refractivity (Wildman–Crippen MR) is 456 cm³/mol. The molecule has 0 aliphatic carbocycles. The number of aromatic nitrogens is 4.